The van der Waals surface area contributed by atoms with E-state index in [0.29, 0.717) is 0 Å². The molecule has 4 N–H and O–H groups in total. The van der Waals surface area contributed by atoms with Crippen molar-refractivity contribution >= 4 is 8.07 Å². The maximum Gasteiger partial charge on any atom is 0.111 e. The highest BCUT2D eigenvalue weighted by Crippen LogP contribution is 2.34. The van der Waals surface area contributed by atoms with Crippen molar-refractivity contribution in [1.29, 1.82) is 0 Å². The minimum atomic E-state index is -1.54. The fourth-order valence-corrected chi connectivity index (χ4v) is 3.30. The molecule has 0 aromatic carbocycles. The van der Waals surface area contributed by atoms with Crippen molar-refractivity contribution in [3.63, 3.8) is 0 Å². The quantitative estimate of drug-likeness (QED) is 0.519. The molecule has 1 aliphatic rings. The van der Waals surface area contributed by atoms with Crippen LogP contribution in [0.5, 0.6) is 0 Å². The molecule has 0 aliphatic carbocycles. The summed E-state index contributed by atoms with van der Waals surface area (Å²) in [6, 6.07) is 0. The van der Waals surface area contributed by atoms with E-state index in [9.17, 15) is 15.3 Å². The van der Waals surface area contributed by atoms with Crippen molar-refractivity contribution in [3.05, 3.63) is 0 Å². The molecule has 0 aromatic rings. The Balaban J connectivity index is 2.86. The van der Waals surface area contributed by atoms with E-state index >= 15 is 0 Å². The van der Waals surface area contributed by atoms with Crippen molar-refractivity contribution in [2.75, 3.05) is 6.61 Å². The molecule has 6 heteroatoms. The number of hydrogen-bond acceptors (Lipinski definition) is 5. The zero-order valence-corrected chi connectivity index (χ0v) is 11.9. The summed E-state index contributed by atoms with van der Waals surface area (Å²) < 4.78 is 5.54. The SMILES string of the molecule is CC([C@@H]1O[C@H](CO)[C@@H](O)[C@H](O)[C@H]1O)[Si](C)(C)C. The van der Waals surface area contributed by atoms with Gasteiger partial charge in [0.2, 0.25) is 0 Å². The van der Waals surface area contributed by atoms with Gasteiger partial charge in [0.1, 0.15) is 24.4 Å². The molecular formula is C11H24O5Si. The zero-order chi connectivity index (χ0) is 13.4. The summed E-state index contributed by atoms with van der Waals surface area (Å²) in [5.41, 5.74) is 0.119. The van der Waals surface area contributed by atoms with Crippen molar-refractivity contribution in [1.82, 2.24) is 0 Å². The van der Waals surface area contributed by atoms with Gasteiger partial charge in [-0.25, -0.2) is 0 Å². The first-order valence-electron chi connectivity index (χ1n) is 6.00. The highest BCUT2D eigenvalue weighted by molar-refractivity contribution is 6.77. The summed E-state index contributed by atoms with van der Waals surface area (Å²) in [7, 11) is -1.54. The Morgan fingerprint density at radius 3 is 2.00 bits per heavy atom. The van der Waals surface area contributed by atoms with Gasteiger partial charge in [-0.3, -0.25) is 0 Å². The van der Waals surface area contributed by atoms with Gasteiger partial charge in [0.05, 0.1) is 20.8 Å². The maximum absolute atomic E-state index is 9.96. The van der Waals surface area contributed by atoms with Crippen LogP contribution in [0.25, 0.3) is 0 Å². The number of hydrogen-bond donors (Lipinski definition) is 4. The van der Waals surface area contributed by atoms with Gasteiger partial charge in [-0.2, -0.15) is 0 Å². The lowest BCUT2D eigenvalue weighted by atomic mass is 9.94. The Bertz CT molecular complexity index is 253. The van der Waals surface area contributed by atoms with E-state index in [0.717, 1.165) is 0 Å². The topological polar surface area (TPSA) is 90.2 Å². The molecule has 1 heterocycles. The summed E-state index contributed by atoms with van der Waals surface area (Å²) >= 11 is 0. The van der Waals surface area contributed by atoms with E-state index < -0.39 is 38.6 Å². The first-order valence-corrected chi connectivity index (χ1v) is 9.58. The summed E-state index contributed by atoms with van der Waals surface area (Å²) in [4.78, 5) is 0. The zero-order valence-electron chi connectivity index (χ0n) is 10.9. The molecule has 1 rings (SSSR count). The lowest BCUT2D eigenvalue weighted by Crippen LogP contribution is -2.61. The largest absolute Gasteiger partial charge is 0.394 e. The first kappa shape index (κ1) is 15.1. The van der Waals surface area contributed by atoms with Gasteiger partial charge in [-0.05, 0) is 5.54 Å². The van der Waals surface area contributed by atoms with Crippen LogP contribution < -0.4 is 0 Å². The van der Waals surface area contributed by atoms with Gasteiger partial charge in [0, 0.05) is 0 Å². The number of aliphatic hydroxyl groups excluding tert-OH is 4. The summed E-state index contributed by atoms with van der Waals surface area (Å²) in [5.74, 6) is 0. The third-order valence-electron chi connectivity index (χ3n) is 3.79. The predicted molar refractivity (Wildman–Crippen MR) is 66.5 cm³/mol. The molecule has 1 saturated heterocycles. The van der Waals surface area contributed by atoms with E-state index in [1.807, 2.05) is 6.92 Å². The Labute approximate surface area is 103 Å². The van der Waals surface area contributed by atoms with E-state index in [1.165, 1.54) is 0 Å². The monoisotopic (exact) mass is 264 g/mol. The molecule has 17 heavy (non-hydrogen) atoms. The molecule has 0 amide bonds. The Hall–Kier alpha value is 0.0169. The van der Waals surface area contributed by atoms with Crippen LogP contribution in [0.1, 0.15) is 6.92 Å². The smallest absolute Gasteiger partial charge is 0.111 e. The third-order valence-corrected chi connectivity index (χ3v) is 6.85. The molecule has 1 aliphatic heterocycles. The highest BCUT2D eigenvalue weighted by Gasteiger charge is 2.47. The lowest BCUT2D eigenvalue weighted by Gasteiger charge is -2.45. The van der Waals surface area contributed by atoms with E-state index in [2.05, 4.69) is 19.6 Å². The van der Waals surface area contributed by atoms with Crippen molar-refractivity contribution in [2.45, 2.75) is 62.6 Å². The van der Waals surface area contributed by atoms with Crippen LogP contribution >= 0.6 is 0 Å². The third kappa shape index (κ3) is 3.07. The molecule has 0 radical (unpaired) electrons. The van der Waals surface area contributed by atoms with Crippen molar-refractivity contribution in [3.8, 4) is 0 Å². The van der Waals surface area contributed by atoms with E-state index in [1.54, 1.807) is 0 Å². The van der Waals surface area contributed by atoms with E-state index in [4.69, 9.17) is 9.84 Å². The normalized spacial score (nSPS) is 41.3. The maximum atomic E-state index is 9.96. The average Bonchev–Trinajstić information content (AvgIpc) is 2.24. The standard InChI is InChI=1S/C11H24O5Si/c1-6(17(2,3)4)11-10(15)9(14)8(13)7(5-12)16-11/h6-15H,5H2,1-4H3/t6?,7-,8-,9+,10-,11+/m1/s1. The minimum Gasteiger partial charge on any atom is -0.394 e. The molecule has 0 spiro atoms. The fourth-order valence-electron chi connectivity index (χ4n) is 2.04. The van der Waals surface area contributed by atoms with Crippen LogP contribution in [0.15, 0.2) is 0 Å². The van der Waals surface area contributed by atoms with Gasteiger partial charge in [0.15, 0.2) is 0 Å². The Morgan fingerprint density at radius 1 is 1.06 bits per heavy atom. The van der Waals surface area contributed by atoms with Gasteiger partial charge >= 0.3 is 0 Å². The molecular weight excluding hydrogens is 240 g/mol. The minimum absolute atomic E-state index is 0.119. The Morgan fingerprint density at radius 2 is 1.59 bits per heavy atom. The molecule has 0 aromatic heterocycles. The molecule has 1 unspecified atom stereocenters. The average molecular weight is 264 g/mol. The van der Waals surface area contributed by atoms with Crippen LogP contribution in [0.3, 0.4) is 0 Å². The number of ether oxygens (including phenoxy) is 1. The van der Waals surface area contributed by atoms with Crippen molar-refractivity contribution in [2.24, 2.45) is 0 Å². The summed E-state index contributed by atoms with van der Waals surface area (Å²) in [6.45, 7) is 8.08. The predicted octanol–water partition coefficient (Wildman–Crippen LogP) is -0.443. The molecule has 0 bridgehead atoms. The van der Waals surface area contributed by atoms with Crippen LogP contribution in [0.4, 0.5) is 0 Å². The van der Waals surface area contributed by atoms with Crippen LogP contribution in [0, 0.1) is 0 Å². The molecule has 1 fully saturated rings. The second-order valence-corrected chi connectivity index (χ2v) is 11.6. The van der Waals surface area contributed by atoms with Gasteiger partial charge < -0.3 is 25.2 Å². The van der Waals surface area contributed by atoms with Crippen LogP contribution in [-0.4, -0.2) is 65.6 Å². The molecule has 5 nitrogen and oxygen atoms in total. The second kappa shape index (κ2) is 5.34. The summed E-state index contributed by atoms with van der Waals surface area (Å²) in [5, 5.41) is 38.4. The molecule has 0 saturated carbocycles. The van der Waals surface area contributed by atoms with Crippen LogP contribution in [0.2, 0.25) is 25.2 Å². The van der Waals surface area contributed by atoms with Gasteiger partial charge in [-0.1, -0.05) is 26.6 Å². The van der Waals surface area contributed by atoms with E-state index in [-0.39, 0.29) is 12.1 Å². The number of rotatable bonds is 3. The molecule has 102 valence electrons. The summed E-state index contributed by atoms with van der Waals surface area (Å²) in [6.07, 6.45) is -4.95. The van der Waals surface area contributed by atoms with Crippen LogP contribution in [-0.2, 0) is 4.74 Å². The highest BCUT2D eigenvalue weighted by atomic mass is 28.3. The number of aliphatic hydroxyl groups is 4. The molecule has 6 atom stereocenters. The Kier molecular flexibility index (Phi) is 4.73. The first-order chi connectivity index (χ1) is 7.70. The van der Waals surface area contributed by atoms with Crippen molar-refractivity contribution < 1.29 is 25.2 Å². The van der Waals surface area contributed by atoms with Gasteiger partial charge in [0.25, 0.3) is 0 Å². The fraction of sp³-hybridized carbons (Fsp3) is 1.00. The lowest BCUT2D eigenvalue weighted by molar-refractivity contribution is -0.229. The van der Waals surface area contributed by atoms with Gasteiger partial charge in [-0.15, -0.1) is 0 Å². The second-order valence-electron chi connectivity index (χ2n) is 5.95.